The molecule has 0 unspecified atom stereocenters. The number of hydrogen-bond acceptors (Lipinski definition) is 6. The standard InChI is InChI=1S/C17H15ClN4O5/c18-12-2-1-3-13(9-12)20-16(24)6-7-17(25)21-19-10-11-8-14(22(26)27)4-5-15(11)23/h1-5,8-10,23H,6-7H2,(H,20,24)(H,21,25)/b19-10-. The number of phenols is 1. The molecule has 0 heterocycles. The minimum atomic E-state index is -0.617. The van der Waals surface area contributed by atoms with Crippen molar-refractivity contribution in [2.24, 2.45) is 5.10 Å². The number of hydrazone groups is 1. The Balaban J connectivity index is 1.82. The molecule has 0 aliphatic rings. The number of anilines is 1. The van der Waals surface area contributed by atoms with Crippen molar-refractivity contribution in [3.8, 4) is 5.75 Å². The molecule has 0 saturated heterocycles. The van der Waals surface area contributed by atoms with Gasteiger partial charge in [0.25, 0.3) is 5.69 Å². The first kappa shape index (κ1) is 19.9. The second-order valence-corrected chi connectivity index (χ2v) is 5.79. The van der Waals surface area contributed by atoms with E-state index in [0.717, 1.165) is 24.4 Å². The number of non-ortho nitro benzene ring substituents is 1. The Bertz CT molecular complexity index is 901. The summed E-state index contributed by atoms with van der Waals surface area (Å²) in [6.07, 6.45) is 0.882. The van der Waals surface area contributed by atoms with E-state index in [1.807, 2.05) is 0 Å². The van der Waals surface area contributed by atoms with E-state index in [0.29, 0.717) is 10.7 Å². The molecule has 2 amide bonds. The van der Waals surface area contributed by atoms with Gasteiger partial charge in [0.15, 0.2) is 0 Å². The van der Waals surface area contributed by atoms with E-state index in [1.165, 1.54) is 0 Å². The number of benzene rings is 2. The number of halogens is 1. The smallest absolute Gasteiger partial charge is 0.270 e. The molecule has 27 heavy (non-hydrogen) atoms. The van der Waals surface area contributed by atoms with Crippen LogP contribution >= 0.6 is 11.6 Å². The molecule has 2 aromatic carbocycles. The maximum Gasteiger partial charge on any atom is 0.270 e. The SMILES string of the molecule is O=C(CCC(=O)Nc1cccc(Cl)c1)N/N=C\c1cc([N+](=O)[O-])ccc1O. The molecule has 2 rings (SSSR count). The molecule has 0 saturated carbocycles. The number of aromatic hydroxyl groups is 1. The fourth-order valence-electron chi connectivity index (χ4n) is 2.01. The highest BCUT2D eigenvalue weighted by Crippen LogP contribution is 2.21. The minimum absolute atomic E-state index is 0.0724. The highest BCUT2D eigenvalue weighted by Gasteiger charge is 2.10. The maximum absolute atomic E-state index is 11.8. The number of carbonyl (C=O) groups is 2. The Morgan fingerprint density at radius 3 is 2.63 bits per heavy atom. The van der Waals surface area contributed by atoms with Gasteiger partial charge in [-0.25, -0.2) is 5.43 Å². The fourth-order valence-corrected chi connectivity index (χ4v) is 2.20. The molecule has 3 N–H and O–H groups in total. The Kier molecular flexibility index (Phi) is 6.84. The third-order valence-electron chi connectivity index (χ3n) is 3.30. The molecule has 10 heteroatoms. The summed E-state index contributed by atoms with van der Waals surface area (Å²) in [6.45, 7) is 0. The van der Waals surface area contributed by atoms with E-state index in [1.54, 1.807) is 24.3 Å². The van der Waals surface area contributed by atoms with Crippen molar-refractivity contribution in [2.75, 3.05) is 5.32 Å². The summed E-state index contributed by atoms with van der Waals surface area (Å²) in [4.78, 5) is 33.6. The van der Waals surface area contributed by atoms with Gasteiger partial charge in [-0.15, -0.1) is 0 Å². The Hall–Kier alpha value is -3.46. The highest BCUT2D eigenvalue weighted by atomic mass is 35.5. The van der Waals surface area contributed by atoms with Crippen LogP contribution in [0.2, 0.25) is 5.02 Å². The highest BCUT2D eigenvalue weighted by molar-refractivity contribution is 6.30. The predicted octanol–water partition coefficient (Wildman–Crippen LogP) is 2.82. The zero-order valence-corrected chi connectivity index (χ0v) is 14.6. The quantitative estimate of drug-likeness (QED) is 0.379. The number of nitrogens with one attached hydrogen (secondary N) is 2. The van der Waals surface area contributed by atoms with E-state index in [2.05, 4.69) is 15.8 Å². The first-order valence-electron chi connectivity index (χ1n) is 7.70. The van der Waals surface area contributed by atoms with Gasteiger partial charge < -0.3 is 10.4 Å². The van der Waals surface area contributed by atoms with Gasteiger partial charge in [-0.2, -0.15) is 5.10 Å². The monoisotopic (exact) mass is 390 g/mol. The summed E-state index contributed by atoms with van der Waals surface area (Å²) in [6, 6.07) is 10.0. The summed E-state index contributed by atoms with van der Waals surface area (Å²) >= 11 is 5.82. The first-order chi connectivity index (χ1) is 12.8. The lowest BCUT2D eigenvalue weighted by atomic mass is 10.2. The normalized spacial score (nSPS) is 10.6. The van der Waals surface area contributed by atoms with Crippen molar-refractivity contribution < 1.29 is 19.6 Å². The summed E-state index contributed by atoms with van der Waals surface area (Å²) in [5.41, 5.74) is 2.55. The molecule has 0 aromatic heterocycles. The number of amides is 2. The molecule has 0 radical (unpaired) electrons. The van der Waals surface area contributed by atoms with Crippen molar-refractivity contribution >= 4 is 41.0 Å². The number of nitrogens with zero attached hydrogens (tertiary/aromatic N) is 2. The van der Waals surface area contributed by atoms with Crippen LogP contribution in [0.25, 0.3) is 0 Å². The van der Waals surface area contributed by atoms with Gasteiger partial charge in [0.05, 0.1) is 11.1 Å². The van der Waals surface area contributed by atoms with E-state index >= 15 is 0 Å². The third kappa shape index (κ3) is 6.40. The zero-order chi connectivity index (χ0) is 19.8. The van der Waals surface area contributed by atoms with Gasteiger partial charge >= 0.3 is 0 Å². The summed E-state index contributed by atoms with van der Waals surface area (Å²) < 4.78 is 0. The Morgan fingerprint density at radius 2 is 1.93 bits per heavy atom. The lowest BCUT2D eigenvalue weighted by Gasteiger charge is -2.05. The molecule has 0 atom stereocenters. The Morgan fingerprint density at radius 1 is 1.19 bits per heavy atom. The van der Waals surface area contributed by atoms with E-state index < -0.39 is 10.8 Å². The van der Waals surface area contributed by atoms with Gasteiger partial charge in [0.2, 0.25) is 11.8 Å². The fraction of sp³-hybridized carbons (Fsp3) is 0.118. The number of nitro groups is 1. The largest absolute Gasteiger partial charge is 0.507 e. The minimum Gasteiger partial charge on any atom is -0.507 e. The van der Waals surface area contributed by atoms with E-state index in [9.17, 15) is 24.8 Å². The lowest BCUT2D eigenvalue weighted by Crippen LogP contribution is -2.20. The summed E-state index contributed by atoms with van der Waals surface area (Å²) in [5, 5.41) is 27.0. The van der Waals surface area contributed by atoms with Gasteiger partial charge in [-0.3, -0.25) is 19.7 Å². The van der Waals surface area contributed by atoms with Crippen molar-refractivity contribution in [2.45, 2.75) is 12.8 Å². The molecule has 140 valence electrons. The molecular weight excluding hydrogens is 376 g/mol. The predicted molar refractivity (Wildman–Crippen MR) is 99.8 cm³/mol. The van der Waals surface area contributed by atoms with Gasteiger partial charge in [-0.05, 0) is 24.3 Å². The van der Waals surface area contributed by atoms with Crippen molar-refractivity contribution in [3.05, 3.63) is 63.2 Å². The first-order valence-corrected chi connectivity index (χ1v) is 8.07. The lowest BCUT2D eigenvalue weighted by molar-refractivity contribution is -0.384. The van der Waals surface area contributed by atoms with Crippen LogP contribution < -0.4 is 10.7 Å². The number of carbonyl (C=O) groups excluding carboxylic acids is 2. The van der Waals surface area contributed by atoms with Crippen LogP contribution in [-0.4, -0.2) is 28.1 Å². The number of rotatable bonds is 7. The number of hydrogen-bond donors (Lipinski definition) is 3. The number of phenolic OH excluding ortho intramolecular Hbond substituents is 1. The van der Waals surface area contributed by atoms with Gasteiger partial charge in [0.1, 0.15) is 5.75 Å². The van der Waals surface area contributed by atoms with Crippen LogP contribution in [0.5, 0.6) is 5.75 Å². The average molecular weight is 391 g/mol. The van der Waals surface area contributed by atoms with Crippen LogP contribution in [0.3, 0.4) is 0 Å². The topological polar surface area (TPSA) is 134 Å². The van der Waals surface area contributed by atoms with Gasteiger partial charge in [0, 0.05) is 41.2 Å². The maximum atomic E-state index is 11.8. The number of nitro benzene ring substituents is 1. The average Bonchev–Trinajstić information content (AvgIpc) is 2.61. The van der Waals surface area contributed by atoms with Crippen LogP contribution in [0.1, 0.15) is 18.4 Å². The van der Waals surface area contributed by atoms with Crippen molar-refractivity contribution in [1.29, 1.82) is 0 Å². The molecule has 0 bridgehead atoms. The summed E-state index contributed by atoms with van der Waals surface area (Å²) in [5.74, 6) is -1.12. The second-order valence-electron chi connectivity index (χ2n) is 5.35. The van der Waals surface area contributed by atoms with Crippen LogP contribution in [0.4, 0.5) is 11.4 Å². The molecule has 9 nitrogen and oxygen atoms in total. The van der Waals surface area contributed by atoms with Crippen LogP contribution in [0.15, 0.2) is 47.6 Å². The molecule has 0 fully saturated rings. The van der Waals surface area contributed by atoms with E-state index in [4.69, 9.17) is 11.6 Å². The molecule has 0 aliphatic heterocycles. The molecular formula is C17H15ClN4O5. The van der Waals surface area contributed by atoms with Crippen molar-refractivity contribution in [3.63, 3.8) is 0 Å². The third-order valence-corrected chi connectivity index (χ3v) is 3.54. The summed E-state index contributed by atoms with van der Waals surface area (Å²) in [7, 11) is 0. The molecule has 2 aromatic rings. The van der Waals surface area contributed by atoms with E-state index in [-0.39, 0.29) is 35.7 Å². The zero-order valence-electron chi connectivity index (χ0n) is 13.9. The Labute approximate surface area is 158 Å². The molecule has 0 aliphatic carbocycles. The second kappa shape index (κ2) is 9.30. The van der Waals surface area contributed by atoms with Crippen molar-refractivity contribution in [1.82, 2.24) is 5.43 Å². The van der Waals surface area contributed by atoms with Crippen LogP contribution in [0, 0.1) is 10.1 Å². The molecule has 0 spiro atoms. The van der Waals surface area contributed by atoms with Crippen LogP contribution in [-0.2, 0) is 9.59 Å². The van der Waals surface area contributed by atoms with Gasteiger partial charge in [-0.1, -0.05) is 17.7 Å².